The van der Waals surface area contributed by atoms with Gasteiger partial charge >= 0.3 is 6.03 Å². The molecule has 6 heteroatoms. The van der Waals surface area contributed by atoms with E-state index in [2.05, 4.69) is 5.32 Å². The second-order valence-electron chi connectivity index (χ2n) is 4.99. The van der Waals surface area contributed by atoms with Crippen LogP contribution in [0.1, 0.15) is 32.3 Å². The quantitative estimate of drug-likeness (QED) is 0.863. The van der Waals surface area contributed by atoms with Gasteiger partial charge in [0.2, 0.25) is 0 Å². The molecular weight excluding hydrogens is 266 g/mol. The number of carbonyl (C=O) groups excluding carboxylic acids is 2. The minimum absolute atomic E-state index is 0.0313. The van der Waals surface area contributed by atoms with Crippen molar-refractivity contribution in [2.45, 2.75) is 32.2 Å². The summed E-state index contributed by atoms with van der Waals surface area (Å²) < 4.78 is 26.8. The Morgan fingerprint density at radius 1 is 1.30 bits per heavy atom. The zero-order valence-corrected chi connectivity index (χ0v) is 11.4. The SMILES string of the molecule is CCCCN1C(=O)NC(C)(c2ccc(F)cc2F)C1=O. The summed E-state index contributed by atoms with van der Waals surface area (Å²) in [7, 11) is 0. The third kappa shape index (κ3) is 2.26. The summed E-state index contributed by atoms with van der Waals surface area (Å²) in [5, 5.41) is 2.49. The van der Waals surface area contributed by atoms with Crippen LogP contribution in [0.4, 0.5) is 13.6 Å². The van der Waals surface area contributed by atoms with Crippen molar-refractivity contribution in [2.24, 2.45) is 0 Å². The van der Waals surface area contributed by atoms with Crippen molar-refractivity contribution >= 4 is 11.9 Å². The summed E-state index contributed by atoms with van der Waals surface area (Å²) in [6.07, 6.45) is 1.51. The van der Waals surface area contributed by atoms with Crippen LogP contribution in [0.15, 0.2) is 18.2 Å². The van der Waals surface area contributed by atoms with Crippen LogP contribution in [0.2, 0.25) is 0 Å². The number of benzene rings is 1. The van der Waals surface area contributed by atoms with Gasteiger partial charge in [0, 0.05) is 18.2 Å². The lowest BCUT2D eigenvalue weighted by atomic mass is 9.91. The van der Waals surface area contributed by atoms with E-state index in [9.17, 15) is 18.4 Å². The Morgan fingerprint density at radius 3 is 2.60 bits per heavy atom. The van der Waals surface area contributed by atoms with Crippen LogP contribution in [0.5, 0.6) is 0 Å². The summed E-state index contributed by atoms with van der Waals surface area (Å²) in [5.41, 5.74) is -1.51. The van der Waals surface area contributed by atoms with Crippen LogP contribution in [-0.2, 0) is 10.3 Å². The van der Waals surface area contributed by atoms with Crippen molar-refractivity contribution in [3.8, 4) is 0 Å². The number of carbonyl (C=O) groups is 2. The number of hydrogen-bond donors (Lipinski definition) is 1. The lowest BCUT2D eigenvalue weighted by molar-refractivity contribution is -0.131. The predicted octanol–water partition coefficient (Wildman–Crippen LogP) is 2.53. The van der Waals surface area contributed by atoms with Gasteiger partial charge in [-0.05, 0) is 19.4 Å². The van der Waals surface area contributed by atoms with Gasteiger partial charge in [-0.3, -0.25) is 9.69 Å². The lowest BCUT2D eigenvalue weighted by Crippen LogP contribution is -2.41. The molecule has 20 heavy (non-hydrogen) atoms. The van der Waals surface area contributed by atoms with Gasteiger partial charge in [0.05, 0.1) is 0 Å². The number of nitrogens with zero attached hydrogens (tertiary/aromatic N) is 1. The molecule has 1 unspecified atom stereocenters. The number of urea groups is 1. The molecule has 1 fully saturated rings. The zero-order chi connectivity index (χ0) is 14.9. The van der Waals surface area contributed by atoms with Crippen LogP contribution in [-0.4, -0.2) is 23.4 Å². The third-order valence-corrected chi connectivity index (χ3v) is 3.48. The molecule has 1 heterocycles. The first kappa shape index (κ1) is 14.4. The molecule has 0 saturated carbocycles. The molecule has 1 N–H and O–H groups in total. The maximum absolute atomic E-state index is 13.9. The fourth-order valence-corrected chi connectivity index (χ4v) is 2.29. The third-order valence-electron chi connectivity index (χ3n) is 3.48. The van der Waals surface area contributed by atoms with Gasteiger partial charge in [-0.2, -0.15) is 0 Å². The highest BCUT2D eigenvalue weighted by molar-refractivity contribution is 6.07. The van der Waals surface area contributed by atoms with Gasteiger partial charge in [-0.15, -0.1) is 0 Å². The zero-order valence-electron chi connectivity index (χ0n) is 11.4. The summed E-state index contributed by atoms with van der Waals surface area (Å²) in [6.45, 7) is 3.66. The summed E-state index contributed by atoms with van der Waals surface area (Å²) in [4.78, 5) is 25.3. The topological polar surface area (TPSA) is 49.4 Å². The highest BCUT2D eigenvalue weighted by Gasteiger charge is 2.49. The molecule has 1 aliphatic rings. The fraction of sp³-hybridized carbons (Fsp3) is 0.429. The summed E-state index contributed by atoms with van der Waals surface area (Å²) >= 11 is 0. The molecule has 3 amide bonds. The van der Waals surface area contributed by atoms with Crippen LogP contribution in [0.25, 0.3) is 0 Å². The molecule has 1 aromatic rings. The second kappa shape index (κ2) is 5.19. The van der Waals surface area contributed by atoms with Crippen LogP contribution in [0.3, 0.4) is 0 Å². The standard InChI is InChI=1S/C14H16F2N2O2/c1-3-4-7-18-12(19)14(2,17-13(18)20)10-6-5-9(15)8-11(10)16/h5-6,8H,3-4,7H2,1-2H3,(H,17,20). The van der Waals surface area contributed by atoms with Gasteiger partial charge < -0.3 is 5.32 Å². The molecule has 1 aliphatic heterocycles. The van der Waals surface area contributed by atoms with Gasteiger partial charge in [-0.1, -0.05) is 19.4 Å². The van der Waals surface area contributed by atoms with E-state index < -0.39 is 29.1 Å². The molecule has 0 aromatic heterocycles. The van der Waals surface area contributed by atoms with E-state index in [1.807, 2.05) is 6.92 Å². The Balaban J connectivity index is 2.35. The van der Waals surface area contributed by atoms with E-state index in [0.717, 1.165) is 17.4 Å². The molecule has 0 radical (unpaired) electrons. The lowest BCUT2D eigenvalue weighted by Gasteiger charge is -2.22. The largest absolute Gasteiger partial charge is 0.325 e. The number of halogens is 2. The Kier molecular flexibility index (Phi) is 3.74. The van der Waals surface area contributed by atoms with Crippen molar-refractivity contribution in [3.63, 3.8) is 0 Å². The minimum Gasteiger partial charge on any atom is -0.319 e. The molecule has 108 valence electrons. The van der Waals surface area contributed by atoms with E-state index >= 15 is 0 Å². The Hall–Kier alpha value is -1.98. The van der Waals surface area contributed by atoms with Crippen LogP contribution < -0.4 is 5.32 Å². The van der Waals surface area contributed by atoms with Crippen LogP contribution in [0, 0.1) is 11.6 Å². The molecule has 0 aliphatic carbocycles. The number of hydrogen-bond acceptors (Lipinski definition) is 2. The van der Waals surface area contributed by atoms with Crippen molar-refractivity contribution in [1.82, 2.24) is 10.2 Å². The van der Waals surface area contributed by atoms with Crippen molar-refractivity contribution in [2.75, 3.05) is 6.54 Å². The maximum atomic E-state index is 13.9. The molecule has 1 aromatic carbocycles. The smallest absolute Gasteiger partial charge is 0.319 e. The van der Waals surface area contributed by atoms with E-state index in [4.69, 9.17) is 0 Å². The van der Waals surface area contributed by atoms with Crippen molar-refractivity contribution in [3.05, 3.63) is 35.4 Å². The highest BCUT2D eigenvalue weighted by Crippen LogP contribution is 2.31. The average Bonchev–Trinajstić information content (AvgIpc) is 2.59. The van der Waals surface area contributed by atoms with E-state index in [0.29, 0.717) is 19.0 Å². The fourth-order valence-electron chi connectivity index (χ4n) is 2.29. The number of imide groups is 1. The Bertz CT molecular complexity index is 562. The van der Waals surface area contributed by atoms with Crippen molar-refractivity contribution < 1.29 is 18.4 Å². The number of amides is 3. The monoisotopic (exact) mass is 282 g/mol. The first-order chi connectivity index (χ1) is 9.40. The predicted molar refractivity (Wildman–Crippen MR) is 68.9 cm³/mol. The van der Waals surface area contributed by atoms with Gasteiger partial charge in [0.25, 0.3) is 5.91 Å². The normalized spacial score (nSPS) is 22.3. The molecule has 1 saturated heterocycles. The van der Waals surface area contributed by atoms with E-state index in [-0.39, 0.29) is 5.56 Å². The van der Waals surface area contributed by atoms with Gasteiger partial charge in [0.1, 0.15) is 17.2 Å². The highest BCUT2D eigenvalue weighted by atomic mass is 19.1. The minimum atomic E-state index is -1.48. The Labute approximate surface area is 115 Å². The molecule has 0 bridgehead atoms. The Morgan fingerprint density at radius 2 is 2.00 bits per heavy atom. The van der Waals surface area contributed by atoms with Crippen molar-refractivity contribution in [1.29, 1.82) is 0 Å². The second-order valence-corrected chi connectivity index (χ2v) is 4.99. The molecule has 4 nitrogen and oxygen atoms in total. The summed E-state index contributed by atoms with van der Waals surface area (Å²) in [5.74, 6) is -2.09. The van der Waals surface area contributed by atoms with Crippen LogP contribution >= 0.6 is 0 Å². The number of rotatable bonds is 4. The molecular formula is C14H16F2N2O2. The summed E-state index contributed by atoms with van der Waals surface area (Å²) in [6, 6.07) is 2.41. The first-order valence-electron chi connectivity index (χ1n) is 6.49. The molecule has 1 atom stereocenters. The van der Waals surface area contributed by atoms with Gasteiger partial charge in [-0.25, -0.2) is 13.6 Å². The van der Waals surface area contributed by atoms with Gasteiger partial charge in [0.15, 0.2) is 0 Å². The first-order valence-corrected chi connectivity index (χ1v) is 6.49. The molecule has 0 spiro atoms. The molecule has 2 rings (SSSR count). The van der Waals surface area contributed by atoms with E-state index in [1.165, 1.54) is 13.0 Å². The van der Waals surface area contributed by atoms with E-state index in [1.54, 1.807) is 0 Å². The maximum Gasteiger partial charge on any atom is 0.325 e. The number of unbranched alkanes of at least 4 members (excludes halogenated alkanes) is 1. The average molecular weight is 282 g/mol. The number of nitrogens with one attached hydrogen (secondary N) is 1.